The Labute approximate surface area is 121 Å². The number of halogens is 1. The van der Waals surface area contributed by atoms with Gasteiger partial charge >= 0.3 is 0 Å². The molecule has 0 bridgehead atoms. The Morgan fingerprint density at radius 2 is 2.33 bits per heavy atom. The summed E-state index contributed by atoms with van der Waals surface area (Å²) in [6.07, 6.45) is 0. The van der Waals surface area contributed by atoms with Gasteiger partial charge in [0.25, 0.3) is 0 Å². The van der Waals surface area contributed by atoms with Crippen molar-refractivity contribution in [3.63, 3.8) is 0 Å². The fourth-order valence-electron chi connectivity index (χ4n) is 1.44. The Morgan fingerprint density at radius 3 is 3.06 bits per heavy atom. The highest BCUT2D eigenvalue weighted by molar-refractivity contribution is 7.98. The van der Waals surface area contributed by atoms with Crippen LogP contribution in [-0.4, -0.2) is 12.0 Å². The largest absolute Gasteiger partial charge is 0.312 e. The lowest BCUT2D eigenvalue weighted by Crippen LogP contribution is -2.12. The lowest BCUT2D eigenvalue weighted by Gasteiger charge is -2.05. The molecular weight excluding hydrogens is 284 g/mol. The summed E-state index contributed by atoms with van der Waals surface area (Å²) in [6, 6.07) is 8.23. The van der Waals surface area contributed by atoms with Crippen LogP contribution in [0.15, 0.2) is 34.5 Å². The average molecular weight is 299 g/mol. The van der Waals surface area contributed by atoms with Gasteiger partial charge in [-0.15, -0.1) is 23.1 Å². The molecule has 18 heavy (non-hydrogen) atoms. The smallest absolute Gasteiger partial charge is 0.103 e. The van der Waals surface area contributed by atoms with E-state index >= 15 is 0 Å². The average Bonchev–Trinajstić information content (AvgIpc) is 2.84. The number of benzene rings is 1. The summed E-state index contributed by atoms with van der Waals surface area (Å²) < 4.78 is 0. The van der Waals surface area contributed by atoms with Gasteiger partial charge in [0.05, 0.1) is 11.4 Å². The fourth-order valence-corrected chi connectivity index (χ4v) is 3.56. The van der Waals surface area contributed by atoms with Gasteiger partial charge in [-0.3, -0.25) is 0 Å². The van der Waals surface area contributed by atoms with Crippen molar-refractivity contribution in [2.75, 3.05) is 7.05 Å². The van der Waals surface area contributed by atoms with Gasteiger partial charge in [-0.05, 0) is 32.2 Å². The van der Waals surface area contributed by atoms with E-state index < -0.39 is 0 Å². The maximum Gasteiger partial charge on any atom is 0.103 e. The zero-order valence-electron chi connectivity index (χ0n) is 10.3. The third-order valence-electron chi connectivity index (χ3n) is 2.60. The first-order chi connectivity index (χ1) is 8.69. The Hall–Kier alpha value is -0.550. The third-order valence-corrected chi connectivity index (χ3v) is 4.89. The van der Waals surface area contributed by atoms with E-state index in [0.717, 1.165) is 21.5 Å². The Balaban J connectivity index is 1.96. The third kappa shape index (κ3) is 3.72. The molecule has 1 atom stereocenters. The predicted octanol–water partition coefficient (Wildman–Crippen LogP) is 4.37. The molecule has 0 aliphatic carbocycles. The zero-order chi connectivity index (χ0) is 13.0. The van der Waals surface area contributed by atoms with E-state index in [1.807, 2.05) is 25.2 Å². The highest BCUT2D eigenvalue weighted by Gasteiger charge is 2.08. The summed E-state index contributed by atoms with van der Waals surface area (Å²) in [7, 11) is 1.95. The summed E-state index contributed by atoms with van der Waals surface area (Å²) in [5.41, 5.74) is 1.11. The van der Waals surface area contributed by atoms with Crippen LogP contribution in [0.3, 0.4) is 0 Å². The lowest BCUT2D eigenvalue weighted by atomic mass is 10.3. The van der Waals surface area contributed by atoms with Crippen LogP contribution in [0.5, 0.6) is 0 Å². The number of thioether (sulfide) groups is 1. The van der Waals surface area contributed by atoms with E-state index in [-0.39, 0.29) is 0 Å². The summed E-state index contributed by atoms with van der Waals surface area (Å²) in [5.74, 6) is 0.890. The summed E-state index contributed by atoms with van der Waals surface area (Å²) in [6.45, 7) is 2.11. The molecule has 1 N–H and O–H groups in total. The van der Waals surface area contributed by atoms with Crippen molar-refractivity contribution in [1.82, 2.24) is 10.3 Å². The minimum Gasteiger partial charge on any atom is -0.312 e. The molecule has 0 aliphatic rings. The number of nitrogens with zero attached hydrogens (tertiary/aromatic N) is 1. The fraction of sp³-hybridized carbons (Fsp3) is 0.308. The maximum absolute atomic E-state index is 5.96. The van der Waals surface area contributed by atoms with E-state index in [1.165, 1.54) is 4.90 Å². The first-order valence-corrected chi connectivity index (χ1v) is 7.93. The molecule has 1 unspecified atom stereocenters. The molecule has 0 fully saturated rings. The Morgan fingerprint density at radius 1 is 1.50 bits per heavy atom. The maximum atomic E-state index is 5.96. The van der Waals surface area contributed by atoms with Gasteiger partial charge in [0.15, 0.2) is 0 Å². The first-order valence-electron chi connectivity index (χ1n) is 5.69. The number of hydrogen-bond acceptors (Lipinski definition) is 4. The Bertz CT molecular complexity index is 513. The normalized spacial score (nSPS) is 12.6. The van der Waals surface area contributed by atoms with Gasteiger partial charge in [0, 0.05) is 21.3 Å². The second kappa shape index (κ2) is 6.57. The second-order valence-electron chi connectivity index (χ2n) is 3.92. The molecular formula is C13H15ClN2S2. The highest BCUT2D eigenvalue weighted by atomic mass is 35.5. The number of rotatable bonds is 5. The van der Waals surface area contributed by atoms with Gasteiger partial charge in [0.2, 0.25) is 0 Å². The molecule has 0 radical (unpaired) electrons. The predicted molar refractivity (Wildman–Crippen MR) is 80.6 cm³/mol. The number of aromatic nitrogens is 1. The van der Waals surface area contributed by atoms with Crippen LogP contribution in [0.2, 0.25) is 5.02 Å². The number of nitrogens with one attached hydrogen (secondary N) is 1. The monoisotopic (exact) mass is 298 g/mol. The quantitative estimate of drug-likeness (QED) is 0.830. The Kier molecular flexibility index (Phi) is 5.06. The summed E-state index contributed by atoms with van der Waals surface area (Å²) >= 11 is 9.43. The molecule has 1 aromatic carbocycles. The minimum atomic E-state index is 0.311. The molecule has 2 nitrogen and oxygen atoms in total. The van der Waals surface area contributed by atoms with E-state index in [4.69, 9.17) is 11.6 Å². The van der Waals surface area contributed by atoms with E-state index in [2.05, 4.69) is 28.7 Å². The van der Waals surface area contributed by atoms with Gasteiger partial charge < -0.3 is 5.32 Å². The van der Waals surface area contributed by atoms with Gasteiger partial charge in [-0.2, -0.15) is 0 Å². The van der Waals surface area contributed by atoms with Crippen molar-refractivity contribution >= 4 is 34.7 Å². The lowest BCUT2D eigenvalue weighted by molar-refractivity contribution is 0.635. The van der Waals surface area contributed by atoms with Crippen LogP contribution < -0.4 is 5.32 Å². The molecule has 0 aliphatic heterocycles. The van der Waals surface area contributed by atoms with Crippen molar-refractivity contribution in [2.24, 2.45) is 0 Å². The topological polar surface area (TPSA) is 24.9 Å². The van der Waals surface area contributed by atoms with Crippen molar-refractivity contribution in [1.29, 1.82) is 0 Å². The molecule has 96 valence electrons. The SMILES string of the molecule is CNC(C)c1csc(CSc2cccc(Cl)c2)n1. The highest BCUT2D eigenvalue weighted by Crippen LogP contribution is 2.27. The second-order valence-corrected chi connectivity index (χ2v) is 6.35. The summed E-state index contributed by atoms with van der Waals surface area (Å²) in [4.78, 5) is 5.80. The van der Waals surface area contributed by atoms with E-state index in [1.54, 1.807) is 23.1 Å². The molecule has 2 aromatic rings. The van der Waals surface area contributed by atoms with E-state index in [9.17, 15) is 0 Å². The van der Waals surface area contributed by atoms with Gasteiger partial charge in [-0.1, -0.05) is 17.7 Å². The molecule has 1 heterocycles. The number of thiazole rings is 1. The van der Waals surface area contributed by atoms with Crippen LogP contribution >= 0.6 is 34.7 Å². The minimum absolute atomic E-state index is 0.311. The van der Waals surface area contributed by atoms with Crippen molar-refractivity contribution in [2.45, 2.75) is 23.6 Å². The van der Waals surface area contributed by atoms with E-state index in [0.29, 0.717) is 6.04 Å². The van der Waals surface area contributed by atoms with Crippen molar-refractivity contribution < 1.29 is 0 Å². The molecule has 0 saturated carbocycles. The first kappa shape index (κ1) is 13.9. The van der Waals surface area contributed by atoms with Crippen LogP contribution in [0.1, 0.15) is 23.7 Å². The molecule has 1 aromatic heterocycles. The summed E-state index contributed by atoms with van der Waals surface area (Å²) in [5, 5.41) is 7.25. The molecule has 0 saturated heterocycles. The van der Waals surface area contributed by atoms with Crippen LogP contribution in [0.25, 0.3) is 0 Å². The standard InChI is InChI=1S/C13H15ClN2S2/c1-9(15-2)12-7-18-13(16-12)8-17-11-5-3-4-10(14)6-11/h3-7,9,15H,8H2,1-2H3. The molecule has 0 amide bonds. The molecule has 5 heteroatoms. The van der Waals surface area contributed by atoms with Crippen LogP contribution in [0.4, 0.5) is 0 Å². The van der Waals surface area contributed by atoms with Crippen LogP contribution in [-0.2, 0) is 5.75 Å². The van der Waals surface area contributed by atoms with Gasteiger partial charge in [0.1, 0.15) is 5.01 Å². The number of hydrogen-bond donors (Lipinski definition) is 1. The molecule has 2 rings (SSSR count). The van der Waals surface area contributed by atoms with Crippen molar-refractivity contribution in [3.8, 4) is 0 Å². The zero-order valence-corrected chi connectivity index (χ0v) is 12.7. The van der Waals surface area contributed by atoms with Crippen LogP contribution in [0, 0.1) is 0 Å². The van der Waals surface area contributed by atoms with Crippen molar-refractivity contribution in [3.05, 3.63) is 45.4 Å². The van der Waals surface area contributed by atoms with Gasteiger partial charge in [-0.25, -0.2) is 4.98 Å². The molecule has 0 spiro atoms.